The number of rotatable bonds is 5. The van der Waals surface area contributed by atoms with Gasteiger partial charge in [-0.25, -0.2) is 0 Å². The van der Waals surface area contributed by atoms with Gasteiger partial charge in [-0.15, -0.1) is 0 Å². The van der Waals surface area contributed by atoms with Crippen molar-refractivity contribution in [2.75, 3.05) is 11.4 Å². The van der Waals surface area contributed by atoms with Gasteiger partial charge in [-0.1, -0.05) is 43.3 Å². The van der Waals surface area contributed by atoms with Crippen LogP contribution in [0, 0.1) is 12.8 Å². The lowest BCUT2D eigenvalue weighted by Crippen LogP contribution is -2.31. The van der Waals surface area contributed by atoms with E-state index in [1.54, 1.807) is 0 Å². The van der Waals surface area contributed by atoms with Gasteiger partial charge in [-0.2, -0.15) is 0 Å². The molecule has 1 fully saturated rings. The zero-order chi connectivity index (χ0) is 17.1. The predicted molar refractivity (Wildman–Crippen MR) is 97.6 cm³/mol. The Morgan fingerprint density at radius 3 is 2.54 bits per heavy atom. The molecule has 126 valence electrons. The monoisotopic (exact) mass is 323 g/mol. The summed E-state index contributed by atoms with van der Waals surface area (Å²) in [6, 6.07) is 17.2. The number of aliphatic carboxylic acids is 1. The van der Waals surface area contributed by atoms with Crippen LogP contribution in [0.15, 0.2) is 48.5 Å². The standard InChI is InChI=1S/C21H25NO2/c1-15-11-20(13-21(23)24)22(14-15)19-9-7-17(8-10-19)12-18-6-4-3-5-16(18)2/h3-10,15,20H,11-14H2,1-2H3,(H,23,24). The number of carbonyl (C=O) groups is 1. The SMILES string of the molecule is Cc1ccccc1Cc1ccc(N2CC(C)CC2CC(=O)O)cc1. The van der Waals surface area contributed by atoms with Gasteiger partial charge < -0.3 is 10.0 Å². The molecule has 24 heavy (non-hydrogen) atoms. The van der Waals surface area contributed by atoms with Gasteiger partial charge >= 0.3 is 5.97 Å². The summed E-state index contributed by atoms with van der Waals surface area (Å²) in [5, 5.41) is 9.13. The highest BCUT2D eigenvalue weighted by Crippen LogP contribution is 2.31. The van der Waals surface area contributed by atoms with Crippen LogP contribution in [0.3, 0.4) is 0 Å². The van der Waals surface area contributed by atoms with E-state index in [4.69, 9.17) is 5.11 Å². The molecule has 2 unspecified atom stereocenters. The van der Waals surface area contributed by atoms with Gasteiger partial charge in [0.15, 0.2) is 0 Å². The lowest BCUT2D eigenvalue weighted by molar-refractivity contribution is -0.137. The maximum atomic E-state index is 11.1. The van der Waals surface area contributed by atoms with E-state index in [-0.39, 0.29) is 12.5 Å². The van der Waals surface area contributed by atoms with Crippen molar-refractivity contribution in [1.29, 1.82) is 0 Å². The molecule has 0 radical (unpaired) electrons. The predicted octanol–water partition coefficient (Wildman–Crippen LogP) is 4.28. The smallest absolute Gasteiger partial charge is 0.305 e. The van der Waals surface area contributed by atoms with E-state index in [9.17, 15) is 4.79 Å². The average Bonchev–Trinajstić information content (AvgIpc) is 2.90. The van der Waals surface area contributed by atoms with Crippen LogP contribution in [0.2, 0.25) is 0 Å². The molecule has 1 heterocycles. The van der Waals surface area contributed by atoms with Crippen LogP contribution in [-0.4, -0.2) is 23.7 Å². The number of carboxylic acid groups (broad SMARTS) is 1. The molecule has 2 aromatic rings. The highest BCUT2D eigenvalue weighted by atomic mass is 16.4. The Bertz CT molecular complexity index is 708. The fraction of sp³-hybridized carbons (Fsp3) is 0.381. The van der Waals surface area contributed by atoms with Gasteiger partial charge in [0.2, 0.25) is 0 Å². The normalized spacial score (nSPS) is 20.3. The molecule has 3 heteroatoms. The van der Waals surface area contributed by atoms with Crippen molar-refractivity contribution in [3.8, 4) is 0 Å². The Morgan fingerprint density at radius 1 is 1.17 bits per heavy atom. The fourth-order valence-corrected chi connectivity index (χ4v) is 3.70. The molecule has 2 atom stereocenters. The summed E-state index contributed by atoms with van der Waals surface area (Å²) in [6.45, 7) is 5.28. The van der Waals surface area contributed by atoms with Crippen molar-refractivity contribution >= 4 is 11.7 Å². The summed E-state index contributed by atoms with van der Waals surface area (Å²) < 4.78 is 0. The maximum absolute atomic E-state index is 11.1. The Balaban J connectivity index is 1.74. The van der Waals surface area contributed by atoms with Gasteiger partial charge in [-0.05, 0) is 54.5 Å². The fourth-order valence-electron chi connectivity index (χ4n) is 3.70. The molecule has 1 N–H and O–H groups in total. The van der Waals surface area contributed by atoms with Crippen LogP contribution in [0.5, 0.6) is 0 Å². The zero-order valence-electron chi connectivity index (χ0n) is 14.4. The molecule has 3 nitrogen and oxygen atoms in total. The van der Waals surface area contributed by atoms with Crippen molar-refractivity contribution in [2.24, 2.45) is 5.92 Å². The Labute approximate surface area is 143 Å². The van der Waals surface area contributed by atoms with E-state index in [2.05, 4.69) is 67.3 Å². The van der Waals surface area contributed by atoms with E-state index in [0.29, 0.717) is 5.92 Å². The molecule has 0 aliphatic carbocycles. The maximum Gasteiger partial charge on any atom is 0.305 e. The van der Waals surface area contributed by atoms with Crippen molar-refractivity contribution in [3.63, 3.8) is 0 Å². The van der Waals surface area contributed by atoms with Crippen molar-refractivity contribution in [1.82, 2.24) is 0 Å². The van der Waals surface area contributed by atoms with E-state index < -0.39 is 5.97 Å². The minimum Gasteiger partial charge on any atom is -0.481 e. The van der Waals surface area contributed by atoms with Crippen LogP contribution in [0.25, 0.3) is 0 Å². The number of aryl methyl sites for hydroxylation is 1. The van der Waals surface area contributed by atoms with E-state index in [1.165, 1.54) is 16.7 Å². The minimum atomic E-state index is -0.713. The number of hydrogen-bond donors (Lipinski definition) is 1. The molecule has 1 saturated heterocycles. The van der Waals surface area contributed by atoms with Gasteiger partial charge in [0.25, 0.3) is 0 Å². The highest BCUT2D eigenvalue weighted by molar-refractivity contribution is 5.69. The second-order valence-corrected chi connectivity index (χ2v) is 7.01. The van der Waals surface area contributed by atoms with Gasteiger partial charge in [0.1, 0.15) is 0 Å². The van der Waals surface area contributed by atoms with Crippen LogP contribution in [0.1, 0.15) is 36.5 Å². The lowest BCUT2D eigenvalue weighted by Gasteiger charge is -2.26. The summed E-state index contributed by atoms with van der Waals surface area (Å²) in [7, 11) is 0. The zero-order valence-corrected chi connectivity index (χ0v) is 14.4. The molecule has 0 saturated carbocycles. The first-order chi connectivity index (χ1) is 11.5. The third-order valence-electron chi connectivity index (χ3n) is 4.96. The van der Waals surface area contributed by atoms with E-state index in [1.807, 2.05) is 0 Å². The third-order valence-corrected chi connectivity index (χ3v) is 4.96. The largest absolute Gasteiger partial charge is 0.481 e. The van der Waals surface area contributed by atoms with Crippen molar-refractivity contribution in [3.05, 3.63) is 65.2 Å². The molecule has 2 aromatic carbocycles. The third kappa shape index (κ3) is 3.78. The summed E-state index contributed by atoms with van der Waals surface area (Å²) in [6.07, 6.45) is 2.11. The minimum absolute atomic E-state index is 0.111. The van der Waals surface area contributed by atoms with Gasteiger partial charge in [0, 0.05) is 18.3 Å². The Hall–Kier alpha value is -2.29. The number of hydrogen-bond acceptors (Lipinski definition) is 2. The van der Waals surface area contributed by atoms with E-state index >= 15 is 0 Å². The molecule has 0 amide bonds. The molecule has 1 aliphatic heterocycles. The Morgan fingerprint density at radius 2 is 1.88 bits per heavy atom. The molecule has 1 aliphatic rings. The van der Waals surface area contributed by atoms with Crippen LogP contribution in [0.4, 0.5) is 5.69 Å². The van der Waals surface area contributed by atoms with Gasteiger partial charge in [0.05, 0.1) is 6.42 Å². The second-order valence-electron chi connectivity index (χ2n) is 7.01. The first-order valence-corrected chi connectivity index (χ1v) is 8.65. The van der Waals surface area contributed by atoms with Crippen LogP contribution < -0.4 is 4.90 Å². The molecular weight excluding hydrogens is 298 g/mol. The summed E-state index contributed by atoms with van der Waals surface area (Å²) in [5.41, 5.74) is 5.09. The summed E-state index contributed by atoms with van der Waals surface area (Å²) >= 11 is 0. The molecule has 3 rings (SSSR count). The van der Waals surface area contributed by atoms with Crippen molar-refractivity contribution < 1.29 is 9.90 Å². The molecular formula is C21H25NO2. The number of nitrogens with zero attached hydrogens (tertiary/aromatic N) is 1. The first-order valence-electron chi connectivity index (χ1n) is 8.65. The number of carboxylic acids is 1. The number of benzene rings is 2. The van der Waals surface area contributed by atoms with E-state index in [0.717, 1.165) is 25.1 Å². The highest BCUT2D eigenvalue weighted by Gasteiger charge is 2.31. The summed E-state index contributed by atoms with van der Waals surface area (Å²) in [5.74, 6) is -0.170. The molecule has 0 aromatic heterocycles. The van der Waals surface area contributed by atoms with Crippen LogP contribution >= 0.6 is 0 Å². The molecule has 0 spiro atoms. The second kappa shape index (κ2) is 7.08. The van der Waals surface area contributed by atoms with Crippen LogP contribution in [-0.2, 0) is 11.2 Å². The number of anilines is 1. The summed E-state index contributed by atoms with van der Waals surface area (Å²) in [4.78, 5) is 13.4. The average molecular weight is 323 g/mol. The topological polar surface area (TPSA) is 40.5 Å². The first kappa shape index (κ1) is 16.6. The quantitative estimate of drug-likeness (QED) is 0.893. The Kier molecular flexibility index (Phi) is 4.89. The van der Waals surface area contributed by atoms with Crippen molar-refractivity contribution in [2.45, 2.75) is 39.2 Å². The lowest BCUT2D eigenvalue weighted by atomic mass is 10.0. The van der Waals surface area contributed by atoms with Gasteiger partial charge in [-0.3, -0.25) is 4.79 Å². The molecule has 0 bridgehead atoms.